The van der Waals surface area contributed by atoms with Crippen molar-refractivity contribution < 1.29 is 14.3 Å². The third kappa shape index (κ3) is 3.44. The maximum Gasteiger partial charge on any atom is 0.251 e. The second-order valence-corrected chi connectivity index (χ2v) is 5.02. The maximum absolute atomic E-state index is 13.3. The highest BCUT2D eigenvalue weighted by molar-refractivity contribution is 5.94. The summed E-state index contributed by atoms with van der Waals surface area (Å²) in [4.78, 5) is 12.0. The zero-order chi connectivity index (χ0) is 13.8. The standard InChI is InChI=1S/C14H19FN2O2/c15-10-8-9(6-7-11(10)16)14(19)17-12-4-2-1-3-5-13(12)18/h6-8,12-13,18H,1-5,16H2,(H,17,19). The third-order valence-electron chi connectivity index (χ3n) is 3.56. The molecule has 1 aromatic rings. The molecule has 1 amide bonds. The van der Waals surface area contributed by atoms with Crippen LogP contribution in [-0.2, 0) is 0 Å². The van der Waals surface area contributed by atoms with Gasteiger partial charge in [0.1, 0.15) is 5.82 Å². The Morgan fingerprint density at radius 1 is 1.32 bits per heavy atom. The third-order valence-corrected chi connectivity index (χ3v) is 3.56. The van der Waals surface area contributed by atoms with Gasteiger partial charge in [-0.3, -0.25) is 4.79 Å². The van der Waals surface area contributed by atoms with Gasteiger partial charge >= 0.3 is 0 Å². The van der Waals surface area contributed by atoms with Gasteiger partial charge < -0.3 is 16.2 Å². The number of halogens is 1. The summed E-state index contributed by atoms with van der Waals surface area (Å²) >= 11 is 0. The van der Waals surface area contributed by atoms with E-state index in [4.69, 9.17) is 5.73 Å². The highest BCUT2D eigenvalue weighted by Crippen LogP contribution is 2.19. The molecule has 5 heteroatoms. The van der Waals surface area contributed by atoms with Crippen LogP contribution >= 0.6 is 0 Å². The summed E-state index contributed by atoms with van der Waals surface area (Å²) < 4.78 is 13.3. The number of nitrogen functional groups attached to an aromatic ring is 1. The summed E-state index contributed by atoms with van der Waals surface area (Å²) in [7, 11) is 0. The van der Waals surface area contributed by atoms with Crippen molar-refractivity contribution in [1.82, 2.24) is 5.32 Å². The number of carbonyl (C=O) groups excluding carboxylic acids is 1. The van der Waals surface area contributed by atoms with Crippen molar-refractivity contribution in [3.05, 3.63) is 29.6 Å². The van der Waals surface area contributed by atoms with E-state index < -0.39 is 11.9 Å². The van der Waals surface area contributed by atoms with Crippen LogP contribution in [0.4, 0.5) is 10.1 Å². The molecule has 1 fully saturated rings. The molecule has 0 saturated heterocycles. The number of aliphatic hydroxyl groups is 1. The topological polar surface area (TPSA) is 75.4 Å². The molecule has 0 aliphatic heterocycles. The Labute approximate surface area is 111 Å². The molecule has 0 spiro atoms. The molecule has 1 saturated carbocycles. The zero-order valence-corrected chi connectivity index (χ0v) is 10.7. The van der Waals surface area contributed by atoms with Gasteiger partial charge in [0.15, 0.2) is 0 Å². The molecule has 2 rings (SSSR count). The van der Waals surface area contributed by atoms with Gasteiger partial charge in [0.2, 0.25) is 0 Å². The van der Waals surface area contributed by atoms with E-state index in [1.165, 1.54) is 12.1 Å². The number of nitrogens with two attached hydrogens (primary N) is 1. The number of carbonyl (C=O) groups is 1. The summed E-state index contributed by atoms with van der Waals surface area (Å²) in [5.41, 5.74) is 5.61. The lowest BCUT2D eigenvalue weighted by molar-refractivity contribution is 0.0818. The van der Waals surface area contributed by atoms with Crippen LogP contribution in [0.2, 0.25) is 0 Å². The molecule has 2 atom stereocenters. The van der Waals surface area contributed by atoms with E-state index in [0.717, 1.165) is 31.7 Å². The molecule has 0 aromatic heterocycles. The largest absolute Gasteiger partial charge is 0.396 e. The van der Waals surface area contributed by atoms with Crippen molar-refractivity contribution in [3.63, 3.8) is 0 Å². The van der Waals surface area contributed by atoms with Gasteiger partial charge in [0, 0.05) is 5.56 Å². The van der Waals surface area contributed by atoms with Gasteiger partial charge in [-0.05, 0) is 31.0 Å². The Hall–Kier alpha value is -1.62. The van der Waals surface area contributed by atoms with E-state index in [1.54, 1.807) is 0 Å². The first-order valence-corrected chi connectivity index (χ1v) is 6.62. The van der Waals surface area contributed by atoms with E-state index in [9.17, 15) is 14.3 Å². The highest BCUT2D eigenvalue weighted by Gasteiger charge is 2.23. The summed E-state index contributed by atoms with van der Waals surface area (Å²) in [6, 6.07) is 3.72. The van der Waals surface area contributed by atoms with Gasteiger partial charge in [-0.2, -0.15) is 0 Å². The first-order chi connectivity index (χ1) is 9.08. The summed E-state index contributed by atoms with van der Waals surface area (Å²) in [5, 5.41) is 12.7. The van der Waals surface area contributed by atoms with E-state index in [-0.39, 0.29) is 23.2 Å². The second kappa shape index (κ2) is 6.02. The molecule has 104 valence electrons. The minimum Gasteiger partial charge on any atom is -0.396 e. The molecular weight excluding hydrogens is 247 g/mol. The van der Waals surface area contributed by atoms with Gasteiger partial charge in [-0.25, -0.2) is 4.39 Å². The fourth-order valence-electron chi connectivity index (χ4n) is 2.38. The van der Waals surface area contributed by atoms with Crippen molar-refractivity contribution in [3.8, 4) is 0 Å². The number of benzene rings is 1. The van der Waals surface area contributed by atoms with Crippen LogP contribution in [0.25, 0.3) is 0 Å². The van der Waals surface area contributed by atoms with Crippen molar-refractivity contribution in [1.29, 1.82) is 0 Å². The van der Waals surface area contributed by atoms with Crippen LogP contribution in [0, 0.1) is 5.82 Å². The molecule has 0 heterocycles. The lowest BCUT2D eigenvalue weighted by Gasteiger charge is -2.21. The Morgan fingerprint density at radius 3 is 2.79 bits per heavy atom. The molecule has 4 N–H and O–H groups in total. The molecule has 19 heavy (non-hydrogen) atoms. The summed E-state index contributed by atoms with van der Waals surface area (Å²) in [6.45, 7) is 0. The van der Waals surface area contributed by atoms with Crippen LogP contribution in [0.1, 0.15) is 42.5 Å². The number of hydrogen-bond acceptors (Lipinski definition) is 3. The quantitative estimate of drug-likeness (QED) is 0.564. The molecule has 4 nitrogen and oxygen atoms in total. The number of anilines is 1. The molecule has 1 aliphatic carbocycles. The van der Waals surface area contributed by atoms with E-state index in [2.05, 4.69) is 5.32 Å². The molecule has 2 unspecified atom stereocenters. The van der Waals surface area contributed by atoms with Gasteiger partial charge in [0.05, 0.1) is 17.8 Å². The lowest BCUT2D eigenvalue weighted by atomic mass is 10.1. The SMILES string of the molecule is Nc1ccc(C(=O)NC2CCCCCC2O)cc1F. The molecular formula is C14H19FN2O2. The van der Waals surface area contributed by atoms with Crippen LogP contribution in [0.5, 0.6) is 0 Å². The number of hydrogen-bond donors (Lipinski definition) is 3. The van der Waals surface area contributed by atoms with E-state index >= 15 is 0 Å². The Morgan fingerprint density at radius 2 is 2.05 bits per heavy atom. The van der Waals surface area contributed by atoms with E-state index in [0.29, 0.717) is 6.42 Å². The Bertz CT molecular complexity index is 465. The average Bonchev–Trinajstić information content (AvgIpc) is 2.58. The Kier molecular flexibility index (Phi) is 4.37. The van der Waals surface area contributed by atoms with Crippen molar-refractivity contribution in [2.45, 2.75) is 44.2 Å². The Balaban J connectivity index is 2.05. The highest BCUT2D eigenvalue weighted by atomic mass is 19.1. The lowest BCUT2D eigenvalue weighted by Crippen LogP contribution is -2.42. The van der Waals surface area contributed by atoms with E-state index in [1.807, 2.05) is 0 Å². The van der Waals surface area contributed by atoms with Crippen molar-refractivity contribution >= 4 is 11.6 Å². The fraction of sp³-hybridized carbons (Fsp3) is 0.500. The van der Waals surface area contributed by atoms with Crippen molar-refractivity contribution in [2.24, 2.45) is 0 Å². The van der Waals surface area contributed by atoms with Crippen LogP contribution in [0.3, 0.4) is 0 Å². The molecule has 0 bridgehead atoms. The number of aliphatic hydroxyl groups excluding tert-OH is 1. The minimum atomic E-state index is -0.603. The first-order valence-electron chi connectivity index (χ1n) is 6.62. The van der Waals surface area contributed by atoms with Crippen LogP contribution in [-0.4, -0.2) is 23.2 Å². The van der Waals surface area contributed by atoms with Crippen molar-refractivity contribution in [2.75, 3.05) is 5.73 Å². The van der Waals surface area contributed by atoms with Crippen LogP contribution < -0.4 is 11.1 Å². The molecule has 1 aromatic carbocycles. The smallest absolute Gasteiger partial charge is 0.251 e. The maximum atomic E-state index is 13.3. The van der Waals surface area contributed by atoms with Gasteiger partial charge in [0.25, 0.3) is 5.91 Å². The average molecular weight is 266 g/mol. The number of nitrogens with one attached hydrogen (secondary N) is 1. The zero-order valence-electron chi connectivity index (χ0n) is 10.7. The summed E-state index contributed by atoms with van der Waals surface area (Å²) in [5.74, 6) is -0.973. The van der Waals surface area contributed by atoms with Gasteiger partial charge in [-0.15, -0.1) is 0 Å². The fourth-order valence-corrected chi connectivity index (χ4v) is 2.38. The van der Waals surface area contributed by atoms with Crippen LogP contribution in [0.15, 0.2) is 18.2 Å². The predicted octanol–water partition coefficient (Wildman–Crippen LogP) is 1.83. The molecule has 0 radical (unpaired) electrons. The normalized spacial score (nSPS) is 23.7. The second-order valence-electron chi connectivity index (χ2n) is 5.02. The monoisotopic (exact) mass is 266 g/mol. The number of rotatable bonds is 2. The summed E-state index contributed by atoms with van der Waals surface area (Å²) in [6.07, 6.45) is 3.96. The predicted molar refractivity (Wildman–Crippen MR) is 71.2 cm³/mol. The minimum absolute atomic E-state index is 0.0195. The molecule has 1 aliphatic rings. The first kappa shape index (κ1) is 13.8. The van der Waals surface area contributed by atoms with Gasteiger partial charge in [-0.1, -0.05) is 19.3 Å². The number of amides is 1.